The van der Waals surface area contributed by atoms with Crippen molar-refractivity contribution in [2.24, 2.45) is 0 Å². The SMILES string of the molecule is Cc1nc(Sc2cc(Br)nc(C(C)C)n2)n[nH]1. The Labute approximate surface area is 112 Å². The quantitative estimate of drug-likeness (QED) is 0.882. The Bertz CT molecular complexity index is 525. The summed E-state index contributed by atoms with van der Waals surface area (Å²) in [6.07, 6.45) is 0. The first kappa shape index (κ1) is 12.5. The molecule has 0 aliphatic rings. The van der Waals surface area contributed by atoms with Crippen LogP contribution in [-0.4, -0.2) is 25.1 Å². The number of rotatable bonds is 3. The third kappa shape index (κ3) is 3.26. The maximum atomic E-state index is 4.47. The van der Waals surface area contributed by atoms with Crippen LogP contribution >= 0.6 is 27.7 Å². The Morgan fingerprint density at radius 1 is 1.29 bits per heavy atom. The average molecular weight is 314 g/mol. The molecule has 0 bridgehead atoms. The van der Waals surface area contributed by atoms with Crippen LogP contribution in [0, 0.1) is 6.92 Å². The first-order valence-electron chi connectivity index (χ1n) is 5.16. The number of hydrogen-bond acceptors (Lipinski definition) is 5. The second-order valence-electron chi connectivity index (χ2n) is 3.85. The van der Waals surface area contributed by atoms with Crippen molar-refractivity contribution < 1.29 is 0 Å². The molecule has 90 valence electrons. The molecule has 1 N–H and O–H groups in total. The van der Waals surface area contributed by atoms with Gasteiger partial charge >= 0.3 is 0 Å². The van der Waals surface area contributed by atoms with Crippen LogP contribution in [0.5, 0.6) is 0 Å². The van der Waals surface area contributed by atoms with Crippen molar-refractivity contribution in [2.75, 3.05) is 0 Å². The zero-order valence-corrected chi connectivity index (χ0v) is 12.1. The van der Waals surface area contributed by atoms with Crippen LogP contribution in [0.15, 0.2) is 20.9 Å². The number of hydrogen-bond donors (Lipinski definition) is 1. The summed E-state index contributed by atoms with van der Waals surface area (Å²) in [4.78, 5) is 13.0. The van der Waals surface area contributed by atoms with Crippen LogP contribution in [0.4, 0.5) is 0 Å². The molecule has 5 nitrogen and oxygen atoms in total. The van der Waals surface area contributed by atoms with E-state index in [0.717, 1.165) is 21.3 Å². The number of aryl methyl sites for hydroxylation is 1. The van der Waals surface area contributed by atoms with Crippen LogP contribution in [0.1, 0.15) is 31.4 Å². The summed E-state index contributed by atoms with van der Waals surface area (Å²) in [5.41, 5.74) is 0. The molecule has 0 aliphatic carbocycles. The second kappa shape index (κ2) is 5.14. The highest BCUT2D eigenvalue weighted by Crippen LogP contribution is 2.26. The van der Waals surface area contributed by atoms with Gasteiger partial charge in [-0.2, -0.15) is 0 Å². The Hall–Kier alpha value is -0.950. The van der Waals surface area contributed by atoms with Crippen LogP contribution in [-0.2, 0) is 0 Å². The summed E-state index contributed by atoms with van der Waals surface area (Å²) in [7, 11) is 0. The van der Waals surface area contributed by atoms with E-state index in [1.807, 2.05) is 13.0 Å². The molecule has 0 unspecified atom stereocenters. The molecule has 0 aliphatic heterocycles. The van der Waals surface area contributed by atoms with Crippen molar-refractivity contribution in [1.82, 2.24) is 25.1 Å². The van der Waals surface area contributed by atoms with Gasteiger partial charge in [0.1, 0.15) is 21.3 Å². The minimum Gasteiger partial charge on any atom is -0.262 e. The van der Waals surface area contributed by atoms with Gasteiger partial charge in [-0.25, -0.2) is 15.0 Å². The van der Waals surface area contributed by atoms with Gasteiger partial charge in [0.2, 0.25) is 5.16 Å². The summed E-state index contributed by atoms with van der Waals surface area (Å²) in [6, 6.07) is 1.86. The lowest BCUT2D eigenvalue weighted by Crippen LogP contribution is -1.98. The Morgan fingerprint density at radius 2 is 2.06 bits per heavy atom. The smallest absolute Gasteiger partial charge is 0.214 e. The zero-order chi connectivity index (χ0) is 12.4. The Kier molecular flexibility index (Phi) is 3.78. The van der Waals surface area contributed by atoms with E-state index in [2.05, 4.69) is 54.9 Å². The topological polar surface area (TPSA) is 67.3 Å². The lowest BCUT2D eigenvalue weighted by Gasteiger charge is -2.05. The first-order valence-corrected chi connectivity index (χ1v) is 6.77. The van der Waals surface area contributed by atoms with Gasteiger partial charge in [0.25, 0.3) is 0 Å². The van der Waals surface area contributed by atoms with E-state index in [9.17, 15) is 0 Å². The molecule has 17 heavy (non-hydrogen) atoms. The molecule has 0 saturated carbocycles. The summed E-state index contributed by atoms with van der Waals surface area (Å²) in [5.74, 6) is 1.90. The normalized spacial score (nSPS) is 11.1. The standard InChI is InChI=1S/C10H12BrN5S/c1-5(2)9-13-7(11)4-8(14-9)17-10-12-6(3)15-16-10/h4-5H,1-3H3,(H,12,15,16). The van der Waals surface area contributed by atoms with E-state index in [4.69, 9.17) is 0 Å². The summed E-state index contributed by atoms with van der Waals surface area (Å²) in [5, 5.41) is 8.38. The number of aromatic amines is 1. The minimum atomic E-state index is 0.292. The van der Waals surface area contributed by atoms with Gasteiger partial charge < -0.3 is 0 Å². The van der Waals surface area contributed by atoms with Crippen molar-refractivity contribution in [3.63, 3.8) is 0 Å². The molecule has 7 heteroatoms. The lowest BCUT2D eigenvalue weighted by atomic mass is 10.2. The van der Waals surface area contributed by atoms with E-state index < -0.39 is 0 Å². The number of nitrogens with one attached hydrogen (secondary N) is 1. The fraction of sp³-hybridized carbons (Fsp3) is 0.400. The molecule has 0 fully saturated rings. The highest BCUT2D eigenvalue weighted by Gasteiger charge is 2.10. The van der Waals surface area contributed by atoms with Gasteiger partial charge in [0.15, 0.2) is 0 Å². The fourth-order valence-corrected chi connectivity index (χ4v) is 2.51. The molecular weight excluding hydrogens is 302 g/mol. The third-order valence-electron chi connectivity index (χ3n) is 1.98. The summed E-state index contributed by atoms with van der Waals surface area (Å²) < 4.78 is 0.783. The highest BCUT2D eigenvalue weighted by atomic mass is 79.9. The predicted octanol–water partition coefficient (Wildman–Crippen LogP) is 2.94. The molecule has 0 radical (unpaired) electrons. The summed E-state index contributed by atoms with van der Waals surface area (Å²) >= 11 is 4.81. The molecule has 0 aromatic carbocycles. The van der Waals surface area contributed by atoms with E-state index in [0.29, 0.717) is 11.1 Å². The maximum Gasteiger partial charge on any atom is 0.214 e. The van der Waals surface area contributed by atoms with Gasteiger partial charge in [-0.1, -0.05) is 13.8 Å². The van der Waals surface area contributed by atoms with Crippen LogP contribution in [0.3, 0.4) is 0 Å². The predicted molar refractivity (Wildman–Crippen MR) is 69.1 cm³/mol. The Balaban J connectivity index is 2.26. The van der Waals surface area contributed by atoms with E-state index in [1.54, 1.807) is 0 Å². The van der Waals surface area contributed by atoms with E-state index in [-0.39, 0.29) is 0 Å². The molecule has 2 aromatic heterocycles. The van der Waals surface area contributed by atoms with E-state index in [1.165, 1.54) is 11.8 Å². The highest BCUT2D eigenvalue weighted by molar-refractivity contribution is 9.10. The van der Waals surface area contributed by atoms with Crippen molar-refractivity contribution in [1.29, 1.82) is 0 Å². The zero-order valence-electron chi connectivity index (χ0n) is 9.73. The minimum absolute atomic E-state index is 0.292. The number of H-pyrrole nitrogens is 1. The van der Waals surface area contributed by atoms with E-state index >= 15 is 0 Å². The monoisotopic (exact) mass is 313 g/mol. The second-order valence-corrected chi connectivity index (χ2v) is 5.65. The van der Waals surface area contributed by atoms with Crippen molar-refractivity contribution in [3.8, 4) is 0 Å². The molecule has 2 rings (SSSR count). The molecule has 2 aromatic rings. The Morgan fingerprint density at radius 3 is 2.65 bits per heavy atom. The largest absolute Gasteiger partial charge is 0.262 e. The van der Waals surface area contributed by atoms with Gasteiger partial charge in [-0.05, 0) is 34.6 Å². The first-order chi connectivity index (χ1) is 8.04. The third-order valence-corrected chi connectivity index (χ3v) is 3.17. The number of nitrogens with zero attached hydrogens (tertiary/aromatic N) is 4. The van der Waals surface area contributed by atoms with Gasteiger partial charge in [0.05, 0.1) is 0 Å². The molecule has 0 saturated heterocycles. The molecule has 2 heterocycles. The van der Waals surface area contributed by atoms with Crippen LogP contribution in [0.2, 0.25) is 0 Å². The molecule has 0 atom stereocenters. The lowest BCUT2D eigenvalue weighted by molar-refractivity contribution is 0.747. The number of halogens is 1. The van der Waals surface area contributed by atoms with Crippen molar-refractivity contribution in [2.45, 2.75) is 36.9 Å². The van der Waals surface area contributed by atoms with Crippen LogP contribution in [0.25, 0.3) is 0 Å². The molecule has 0 amide bonds. The average Bonchev–Trinajstić information content (AvgIpc) is 2.63. The summed E-state index contributed by atoms with van der Waals surface area (Å²) in [6.45, 7) is 5.99. The van der Waals surface area contributed by atoms with Crippen molar-refractivity contribution >= 4 is 27.7 Å². The van der Waals surface area contributed by atoms with Gasteiger partial charge in [0, 0.05) is 12.0 Å². The van der Waals surface area contributed by atoms with Gasteiger partial charge in [-0.3, -0.25) is 5.10 Å². The van der Waals surface area contributed by atoms with Crippen molar-refractivity contribution in [3.05, 3.63) is 22.3 Å². The maximum absolute atomic E-state index is 4.47. The fourth-order valence-electron chi connectivity index (χ4n) is 1.19. The van der Waals surface area contributed by atoms with Gasteiger partial charge in [-0.15, -0.1) is 5.10 Å². The molecule has 0 spiro atoms. The van der Waals surface area contributed by atoms with Crippen LogP contribution < -0.4 is 0 Å². The molecular formula is C10H12BrN5S. The number of aromatic nitrogens is 5.